The monoisotopic (exact) mass is 415 g/mol. The van der Waals surface area contributed by atoms with Gasteiger partial charge < -0.3 is 15.5 Å². The highest BCUT2D eigenvalue weighted by atomic mass is 19.4. The van der Waals surface area contributed by atoms with E-state index < -0.39 is 11.7 Å². The molecule has 2 N–H and O–H groups in total. The number of rotatable bonds is 4. The minimum atomic E-state index is -4.37. The Kier molecular flexibility index (Phi) is 5.51. The molecule has 0 unspecified atom stereocenters. The highest BCUT2D eigenvalue weighted by Gasteiger charge is 2.33. The third-order valence-electron chi connectivity index (χ3n) is 5.58. The van der Waals surface area contributed by atoms with Crippen LogP contribution in [0.2, 0.25) is 0 Å². The summed E-state index contributed by atoms with van der Waals surface area (Å²) >= 11 is 0. The Bertz CT molecular complexity index is 1040. The SMILES string of the molecule is Cc1c([C@@H](C)Nc2nccc3cnc(N4CCNCC4)cc23)cccc1C(F)(F)F. The van der Waals surface area contributed by atoms with E-state index >= 15 is 0 Å². The van der Waals surface area contributed by atoms with Crippen molar-refractivity contribution in [2.75, 3.05) is 36.4 Å². The van der Waals surface area contributed by atoms with Crippen LogP contribution in [0.25, 0.3) is 10.8 Å². The first-order valence-corrected chi connectivity index (χ1v) is 9.98. The van der Waals surface area contributed by atoms with Gasteiger partial charge in [-0.2, -0.15) is 13.2 Å². The summed E-state index contributed by atoms with van der Waals surface area (Å²) in [6.45, 7) is 6.93. The van der Waals surface area contributed by atoms with Crippen LogP contribution in [0.4, 0.5) is 24.8 Å². The maximum absolute atomic E-state index is 13.3. The number of alkyl halides is 3. The molecule has 0 aliphatic carbocycles. The third-order valence-corrected chi connectivity index (χ3v) is 5.58. The Labute approximate surface area is 173 Å². The quantitative estimate of drug-likeness (QED) is 0.655. The normalized spacial score (nSPS) is 16.0. The smallest absolute Gasteiger partial charge is 0.363 e. The lowest BCUT2D eigenvalue weighted by atomic mass is 9.97. The molecule has 1 atom stereocenters. The molecule has 0 amide bonds. The first-order chi connectivity index (χ1) is 14.3. The van der Waals surface area contributed by atoms with Gasteiger partial charge in [-0.15, -0.1) is 0 Å². The molecule has 3 heterocycles. The van der Waals surface area contributed by atoms with Crippen LogP contribution in [-0.4, -0.2) is 36.1 Å². The molecule has 1 aliphatic rings. The van der Waals surface area contributed by atoms with Gasteiger partial charge in [0.1, 0.15) is 11.6 Å². The van der Waals surface area contributed by atoms with Gasteiger partial charge in [-0.3, -0.25) is 0 Å². The standard InChI is InChI=1S/C22H24F3N5/c1-14-17(4-3-5-19(14)22(23,24)25)15(2)29-21-18-12-20(30-10-8-26-9-11-30)28-13-16(18)6-7-27-21/h3-7,12-13,15,26H,8-11H2,1-2H3,(H,27,29)/t15-/m1/s1. The Balaban J connectivity index is 1.67. The number of nitrogens with zero attached hydrogens (tertiary/aromatic N) is 3. The van der Waals surface area contributed by atoms with Gasteiger partial charge in [0, 0.05) is 49.3 Å². The molecule has 0 saturated carbocycles. The van der Waals surface area contributed by atoms with Crippen LogP contribution in [0.3, 0.4) is 0 Å². The van der Waals surface area contributed by atoms with Crippen LogP contribution in [0.1, 0.15) is 29.7 Å². The highest BCUT2D eigenvalue weighted by molar-refractivity contribution is 5.93. The summed E-state index contributed by atoms with van der Waals surface area (Å²) in [5.74, 6) is 1.51. The van der Waals surface area contributed by atoms with Gasteiger partial charge in [0.25, 0.3) is 0 Å². The number of aromatic nitrogens is 2. The van der Waals surface area contributed by atoms with Gasteiger partial charge in [0.15, 0.2) is 0 Å². The van der Waals surface area contributed by atoms with Crippen molar-refractivity contribution < 1.29 is 13.2 Å². The van der Waals surface area contributed by atoms with Gasteiger partial charge in [0.2, 0.25) is 0 Å². The van der Waals surface area contributed by atoms with Crippen LogP contribution in [-0.2, 0) is 6.18 Å². The topological polar surface area (TPSA) is 53.1 Å². The summed E-state index contributed by atoms with van der Waals surface area (Å²) in [7, 11) is 0. The summed E-state index contributed by atoms with van der Waals surface area (Å²) in [5, 5.41) is 8.47. The van der Waals surface area contributed by atoms with Crippen LogP contribution < -0.4 is 15.5 Å². The molecule has 1 aromatic carbocycles. The molecule has 5 nitrogen and oxygen atoms in total. The first-order valence-electron chi connectivity index (χ1n) is 9.98. The second kappa shape index (κ2) is 8.10. The van der Waals surface area contributed by atoms with E-state index in [1.165, 1.54) is 13.0 Å². The maximum atomic E-state index is 13.3. The third kappa shape index (κ3) is 4.05. The second-order valence-corrected chi connectivity index (χ2v) is 7.54. The van der Waals surface area contributed by atoms with Crippen LogP contribution in [0, 0.1) is 6.92 Å². The predicted octanol–water partition coefficient (Wildman–Crippen LogP) is 4.54. The number of benzene rings is 1. The van der Waals surface area contributed by atoms with E-state index in [-0.39, 0.29) is 11.6 Å². The average Bonchev–Trinajstić information content (AvgIpc) is 2.73. The van der Waals surface area contributed by atoms with E-state index in [1.54, 1.807) is 12.3 Å². The molecule has 1 saturated heterocycles. The van der Waals surface area contributed by atoms with Crippen molar-refractivity contribution >= 4 is 22.4 Å². The number of pyridine rings is 2. The Morgan fingerprint density at radius 1 is 1.13 bits per heavy atom. The molecule has 0 spiro atoms. The van der Waals surface area contributed by atoms with Crippen LogP contribution >= 0.6 is 0 Å². The zero-order chi connectivity index (χ0) is 21.3. The lowest BCUT2D eigenvalue weighted by Crippen LogP contribution is -2.43. The molecule has 2 aromatic heterocycles. The van der Waals surface area contributed by atoms with E-state index in [0.29, 0.717) is 11.4 Å². The first kappa shape index (κ1) is 20.4. The minimum Gasteiger partial charge on any atom is -0.363 e. The summed E-state index contributed by atoms with van der Waals surface area (Å²) in [6, 6.07) is 7.83. The number of hydrogen-bond donors (Lipinski definition) is 2. The van der Waals surface area contributed by atoms with E-state index in [2.05, 4.69) is 25.5 Å². The van der Waals surface area contributed by atoms with E-state index in [1.807, 2.05) is 25.3 Å². The van der Waals surface area contributed by atoms with Gasteiger partial charge >= 0.3 is 6.18 Å². The molecule has 1 fully saturated rings. The van der Waals surface area contributed by atoms with Crippen molar-refractivity contribution in [3.8, 4) is 0 Å². The Hall–Kier alpha value is -2.87. The van der Waals surface area contributed by atoms with Crippen molar-refractivity contribution in [2.45, 2.75) is 26.1 Å². The minimum absolute atomic E-state index is 0.230. The largest absolute Gasteiger partial charge is 0.416 e. The molecule has 4 rings (SSSR count). The van der Waals surface area contributed by atoms with Gasteiger partial charge in [-0.05, 0) is 43.2 Å². The zero-order valence-corrected chi connectivity index (χ0v) is 16.9. The fourth-order valence-corrected chi connectivity index (χ4v) is 3.95. The van der Waals surface area contributed by atoms with Crippen molar-refractivity contribution in [1.82, 2.24) is 15.3 Å². The lowest BCUT2D eigenvalue weighted by molar-refractivity contribution is -0.138. The number of nitrogens with one attached hydrogen (secondary N) is 2. The fraction of sp³-hybridized carbons (Fsp3) is 0.364. The van der Waals surface area contributed by atoms with E-state index in [0.717, 1.165) is 48.8 Å². The Morgan fingerprint density at radius 2 is 1.90 bits per heavy atom. The number of halogens is 3. The summed E-state index contributed by atoms with van der Waals surface area (Å²) < 4.78 is 39.9. The van der Waals surface area contributed by atoms with E-state index in [9.17, 15) is 13.2 Å². The molecular weight excluding hydrogens is 391 g/mol. The fourth-order valence-electron chi connectivity index (χ4n) is 3.95. The molecular formula is C22H24F3N5. The van der Waals surface area contributed by atoms with Crippen molar-refractivity contribution in [2.24, 2.45) is 0 Å². The van der Waals surface area contributed by atoms with Gasteiger partial charge in [0.05, 0.1) is 11.6 Å². The number of anilines is 2. The predicted molar refractivity (Wildman–Crippen MR) is 113 cm³/mol. The molecule has 158 valence electrons. The summed E-state index contributed by atoms with van der Waals surface area (Å²) in [6.07, 6.45) is -0.871. The van der Waals surface area contributed by atoms with Crippen LogP contribution in [0.5, 0.6) is 0 Å². The summed E-state index contributed by atoms with van der Waals surface area (Å²) in [5.41, 5.74) is 0.221. The van der Waals surface area contributed by atoms with Crippen molar-refractivity contribution in [3.05, 3.63) is 59.4 Å². The number of piperazine rings is 1. The van der Waals surface area contributed by atoms with E-state index in [4.69, 9.17) is 0 Å². The average molecular weight is 415 g/mol. The number of hydrogen-bond acceptors (Lipinski definition) is 5. The van der Waals surface area contributed by atoms with Crippen LogP contribution in [0.15, 0.2) is 42.7 Å². The molecule has 0 radical (unpaired) electrons. The van der Waals surface area contributed by atoms with Crippen molar-refractivity contribution in [1.29, 1.82) is 0 Å². The lowest BCUT2D eigenvalue weighted by Gasteiger charge is -2.28. The second-order valence-electron chi connectivity index (χ2n) is 7.54. The zero-order valence-electron chi connectivity index (χ0n) is 16.9. The molecule has 0 bridgehead atoms. The highest BCUT2D eigenvalue weighted by Crippen LogP contribution is 2.35. The maximum Gasteiger partial charge on any atom is 0.416 e. The number of fused-ring (bicyclic) bond motifs is 1. The Morgan fingerprint density at radius 3 is 2.63 bits per heavy atom. The molecule has 3 aromatic rings. The molecule has 30 heavy (non-hydrogen) atoms. The van der Waals surface area contributed by atoms with Crippen molar-refractivity contribution in [3.63, 3.8) is 0 Å². The molecule has 1 aliphatic heterocycles. The molecule has 8 heteroatoms. The van der Waals surface area contributed by atoms with Gasteiger partial charge in [-0.25, -0.2) is 9.97 Å². The van der Waals surface area contributed by atoms with Gasteiger partial charge in [-0.1, -0.05) is 12.1 Å². The summed E-state index contributed by atoms with van der Waals surface area (Å²) in [4.78, 5) is 11.3.